The van der Waals surface area contributed by atoms with Gasteiger partial charge in [-0.25, -0.2) is 0 Å². The van der Waals surface area contributed by atoms with Crippen LogP contribution in [-0.4, -0.2) is 0 Å². The summed E-state index contributed by atoms with van der Waals surface area (Å²) in [6.45, 7) is 6.77. The third-order valence-electron chi connectivity index (χ3n) is 2.02. The summed E-state index contributed by atoms with van der Waals surface area (Å²) < 4.78 is 0. The van der Waals surface area contributed by atoms with Gasteiger partial charge in [0.1, 0.15) is 0 Å². The second-order valence-corrected chi connectivity index (χ2v) is 3.97. The van der Waals surface area contributed by atoms with E-state index < -0.39 is 0 Å². The topological polar surface area (TPSA) is 0 Å². The molecular formula is C13H24. The Balaban J connectivity index is 3.24. The van der Waals surface area contributed by atoms with E-state index in [1.54, 1.807) is 0 Å². The molecule has 0 atom stereocenters. The van der Waals surface area contributed by atoms with Crippen LogP contribution in [0.2, 0.25) is 0 Å². The fraction of sp³-hybridized carbons (Fsp3) is 0.692. The van der Waals surface area contributed by atoms with Crippen LogP contribution in [0.15, 0.2) is 24.3 Å². The number of rotatable bonds is 7. The van der Waals surface area contributed by atoms with Crippen molar-refractivity contribution < 1.29 is 0 Å². The number of hydrogen-bond donors (Lipinski definition) is 0. The molecule has 0 aliphatic rings. The molecule has 0 aliphatic carbocycles. The molecule has 0 amide bonds. The minimum Gasteiger partial charge on any atom is -0.0845 e. The van der Waals surface area contributed by atoms with Crippen LogP contribution in [0.3, 0.4) is 0 Å². The van der Waals surface area contributed by atoms with Gasteiger partial charge in [0.15, 0.2) is 0 Å². The Morgan fingerprint density at radius 3 is 2.15 bits per heavy atom. The van der Waals surface area contributed by atoms with Crippen LogP contribution >= 0.6 is 0 Å². The summed E-state index contributed by atoms with van der Waals surface area (Å²) in [4.78, 5) is 0. The zero-order chi connectivity index (χ0) is 9.94. The minimum absolute atomic E-state index is 0.828. The van der Waals surface area contributed by atoms with E-state index in [4.69, 9.17) is 0 Å². The first-order valence-electron chi connectivity index (χ1n) is 5.59. The average molecular weight is 180 g/mol. The van der Waals surface area contributed by atoms with E-state index in [0.29, 0.717) is 0 Å². The normalized spacial score (nSPS) is 12.3. The fourth-order valence-corrected chi connectivity index (χ4v) is 1.10. The third-order valence-corrected chi connectivity index (χ3v) is 2.02. The third kappa shape index (κ3) is 11.5. The SMILES string of the molecule is CCCCC=CC=CCCC(C)C. The molecule has 13 heavy (non-hydrogen) atoms. The molecule has 0 aromatic rings. The van der Waals surface area contributed by atoms with Crippen LogP contribution < -0.4 is 0 Å². The van der Waals surface area contributed by atoms with Gasteiger partial charge in [0.25, 0.3) is 0 Å². The van der Waals surface area contributed by atoms with E-state index in [1.165, 1.54) is 32.1 Å². The summed E-state index contributed by atoms with van der Waals surface area (Å²) in [6, 6.07) is 0. The second kappa shape index (κ2) is 9.57. The quantitative estimate of drug-likeness (QED) is 0.392. The van der Waals surface area contributed by atoms with Crippen molar-refractivity contribution in [1.29, 1.82) is 0 Å². The highest BCUT2D eigenvalue weighted by atomic mass is 13.9. The van der Waals surface area contributed by atoms with Gasteiger partial charge in [0.05, 0.1) is 0 Å². The molecule has 0 aliphatic heterocycles. The Morgan fingerprint density at radius 1 is 1.00 bits per heavy atom. The van der Waals surface area contributed by atoms with Gasteiger partial charge in [0, 0.05) is 0 Å². The van der Waals surface area contributed by atoms with Gasteiger partial charge < -0.3 is 0 Å². The standard InChI is InChI=1S/C13H24/c1-4-5-6-7-8-9-10-11-12-13(2)3/h7-10,13H,4-6,11-12H2,1-3H3. The van der Waals surface area contributed by atoms with E-state index in [9.17, 15) is 0 Å². The van der Waals surface area contributed by atoms with Crippen molar-refractivity contribution in [2.24, 2.45) is 5.92 Å². The summed E-state index contributed by atoms with van der Waals surface area (Å²) in [5.41, 5.74) is 0. The smallest absolute Gasteiger partial charge is 0.0345 e. The first kappa shape index (κ1) is 12.5. The molecule has 0 N–H and O–H groups in total. The minimum atomic E-state index is 0.828. The van der Waals surface area contributed by atoms with E-state index in [2.05, 4.69) is 45.1 Å². The second-order valence-electron chi connectivity index (χ2n) is 3.97. The first-order chi connectivity index (χ1) is 6.27. The Kier molecular flexibility index (Phi) is 9.18. The highest BCUT2D eigenvalue weighted by molar-refractivity contribution is 5.02. The molecule has 0 heteroatoms. The van der Waals surface area contributed by atoms with Gasteiger partial charge in [0.2, 0.25) is 0 Å². The largest absolute Gasteiger partial charge is 0.0845 e. The Labute approximate surface area is 83.7 Å². The van der Waals surface area contributed by atoms with Crippen LogP contribution in [0, 0.1) is 5.92 Å². The average Bonchev–Trinajstić information content (AvgIpc) is 2.09. The molecule has 76 valence electrons. The van der Waals surface area contributed by atoms with Gasteiger partial charge in [-0.2, -0.15) is 0 Å². The predicted molar refractivity (Wildman–Crippen MR) is 61.9 cm³/mol. The summed E-state index contributed by atoms with van der Waals surface area (Å²) >= 11 is 0. The van der Waals surface area contributed by atoms with Crippen molar-refractivity contribution in [2.45, 2.75) is 52.9 Å². The van der Waals surface area contributed by atoms with Crippen molar-refractivity contribution in [2.75, 3.05) is 0 Å². The van der Waals surface area contributed by atoms with Gasteiger partial charge in [-0.3, -0.25) is 0 Å². The van der Waals surface area contributed by atoms with E-state index in [0.717, 1.165) is 5.92 Å². The van der Waals surface area contributed by atoms with E-state index in [1.807, 2.05) is 0 Å². The Hall–Kier alpha value is -0.520. The van der Waals surface area contributed by atoms with Crippen LogP contribution in [0.25, 0.3) is 0 Å². The summed E-state index contributed by atoms with van der Waals surface area (Å²) in [5.74, 6) is 0.828. The van der Waals surface area contributed by atoms with Gasteiger partial charge in [-0.05, 0) is 25.2 Å². The van der Waals surface area contributed by atoms with Crippen LogP contribution in [0.1, 0.15) is 52.9 Å². The monoisotopic (exact) mass is 180 g/mol. The molecule has 0 rings (SSSR count). The van der Waals surface area contributed by atoms with Crippen molar-refractivity contribution in [3.05, 3.63) is 24.3 Å². The van der Waals surface area contributed by atoms with Crippen molar-refractivity contribution in [3.8, 4) is 0 Å². The van der Waals surface area contributed by atoms with Gasteiger partial charge in [-0.15, -0.1) is 0 Å². The van der Waals surface area contributed by atoms with Crippen LogP contribution in [-0.2, 0) is 0 Å². The van der Waals surface area contributed by atoms with E-state index in [-0.39, 0.29) is 0 Å². The summed E-state index contributed by atoms with van der Waals surface area (Å²) in [7, 11) is 0. The maximum atomic E-state index is 2.27. The van der Waals surface area contributed by atoms with E-state index >= 15 is 0 Å². The number of unbranched alkanes of at least 4 members (excludes halogenated alkanes) is 2. The zero-order valence-corrected chi connectivity index (χ0v) is 9.42. The van der Waals surface area contributed by atoms with Crippen molar-refractivity contribution in [1.82, 2.24) is 0 Å². The number of allylic oxidation sites excluding steroid dienone is 4. The summed E-state index contributed by atoms with van der Waals surface area (Å²) in [6.07, 6.45) is 15.2. The molecular weight excluding hydrogens is 156 g/mol. The molecule has 0 aromatic heterocycles. The molecule has 0 unspecified atom stereocenters. The molecule has 0 saturated heterocycles. The lowest BCUT2D eigenvalue weighted by molar-refractivity contribution is 0.594. The van der Waals surface area contributed by atoms with Crippen molar-refractivity contribution in [3.63, 3.8) is 0 Å². The first-order valence-corrected chi connectivity index (χ1v) is 5.59. The summed E-state index contributed by atoms with van der Waals surface area (Å²) in [5, 5.41) is 0. The number of hydrogen-bond acceptors (Lipinski definition) is 0. The van der Waals surface area contributed by atoms with Crippen LogP contribution in [0.5, 0.6) is 0 Å². The predicted octanol–water partition coefficient (Wildman–Crippen LogP) is 4.73. The fourth-order valence-electron chi connectivity index (χ4n) is 1.10. The lowest BCUT2D eigenvalue weighted by atomic mass is 10.1. The van der Waals surface area contributed by atoms with Gasteiger partial charge >= 0.3 is 0 Å². The maximum Gasteiger partial charge on any atom is -0.0345 e. The van der Waals surface area contributed by atoms with Crippen LogP contribution in [0.4, 0.5) is 0 Å². The van der Waals surface area contributed by atoms with Crippen molar-refractivity contribution >= 4 is 0 Å². The Morgan fingerprint density at radius 2 is 1.62 bits per heavy atom. The highest BCUT2D eigenvalue weighted by Crippen LogP contribution is 2.03. The molecule has 0 aromatic carbocycles. The maximum absolute atomic E-state index is 2.27. The molecule has 0 heterocycles. The zero-order valence-electron chi connectivity index (χ0n) is 9.42. The molecule has 0 saturated carbocycles. The lowest BCUT2D eigenvalue weighted by Crippen LogP contribution is -1.83. The highest BCUT2D eigenvalue weighted by Gasteiger charge is 1.88. The molecule has 0 nitrogen and oxygen atoms in total. The molecule has 0 spiro atoms. The molecule has 0 fully saturated rings. The van der Waals surface area contributed by atoms with Gasteiger partial charge in [-0.1, -0.05) is 57.9 Å². The Bertz CT molecular complexity index is 140. The molecule has 0 bridgehead atoms. The molecule has 0 radical (unpaired) electrons. The lowest BCUT2D eigenvalue weighted by Gasteiger charge is -1.97.